The van der Waals surface area contributed by atoms with Crippen molar-refractivity contribution in [2.45, 2.75) is 62.8 Å². The third-order valence-electron chi connectivity index (χ3n) is 4.45. The lowest BCUT2D eigenvalue weighted by Crippen LogP contribution is -2.42. The SMILES string of the molecule is CCNC(=NCCCOCC1CCCO1)NC1CCC(SC)C1.I. The van der Waals surface area contributed by atoms with Gasteiger partial charge in [0.2, 0.25) is 0 Å². The molecule has 1 aliphatic carbocycles. The van der Waals surface area contributed by atoms with Crippen LogP contribution in [0, 0.1) is 0 Å². The van der Waals surface area contributed by atoms with Crippen molar-refractivity contribution in [3.8, 4) is 0 Å². The van der Waals surface area contributed by atoms with Gasteiger partial charge in [0.1, 0.15) is 0 Å². The van der Waals surface area contributed by atoms with Gasteiger partial charge in [-0.1, -0.05) is 0 Å². The van der Waals surface area contributed by atoms with Crippen LogP contribution >= 0.6 is 35.7 Å². The molecule has 1 aliphatic heterocycles. The summed E-state index contributed by atoms with van der Waals surface area (Å²) in [4.78, 5) is 4.67. The molecule has 3 atom stereocenters. The number of rotatable bonds is 9. The highest BCUT2D eigenvalue weighted by molar-refractivity contribution is 14.0. The van der Waals surface area contributed by atoms with Crippen molar-refractivity contribution in [3.63, 3.8) is 0 Å². The number of hydrogen-bond donors (Lipinski definition) is 2. The van der Waals surface area contributed by atoms with Gasteiger partial charge in [0, 0.05) is 37.6 Å². The lowest BCUT2D eigenvalue weighted by atomic mass is 10.2. The van der Waals surface area contributed by atoms with Gasteiger partial charge in [-0.15, -0.1) is 24.0 Å². The van der Waals surface area contributed by atoms with Gasteiger partial charge in [0.25, 0.3) is 0 Å². The fraction of sp³-hybridized carbons (Fsp3) is 0.941. The van der Waals surface area contributed by atoms with Crippen LogP contribution in [0.2, 0.25) is 0 Å². The first-order valence-electron chi connectivity index (χ1n) is 9.08. The fourth-order valence-electron chi connectivity index (χ4n) is 3.15. The van der Waals surface area contributed by atoms with Gasteiger partial charge in [-0.3, -0.25) is 4.99 Å². The van der Waals surface area contributed by atoms with Crippen LogP contribution in [0.5, 0.6) is 0 Å². The number of halogens is 1. The van der Waals surface area contributed by atoms with E-state index in [1.165, 1.54) is 25.7 Å². The van der Waals surface area contributed by atoms with Gasteiger partial charge < -0.3 is 20.1 Å². The van der Waals surface area contributed by atoms with E-state index in [1.807, 2.05) is 11.8 Å². The number of guanidine groups is 1. The average Bonchev–Trinajstić information content (AvgIpc) is 3.22. The molecule has 2 aliphatic rings. The summed E-state index contributed by atoms with van der Waals surface area (Å²) in [5.74, 6) is 0.957. The normalized spacial score (nSPS) is 27.1. The van der Waals surface area contributed by atoms with Gasteiger partial charge in [0.15, 0.2) is 5.96 Å². The zero-order chi connectivity index (χ0) is 16.3. The molecule has 0 radical (unpaired) electrons. The van der Waals surface area contributed by atoms with Crippen LogP contribution in [0.3, 0.4) is 0 Å². The Morgan fingerprint density at radius 2 is 2.21 bits per heavy atom. The van der Waals surface area contributed by atoms with E-state index < -0.39 is 0 Å². The van der Waals surface area contributed by atoms with E-state index in [4.69, 9.17) is 9.47 Å². The van der Waals surface area contributed by atoms with E-state index in [0.717, 1.165) is 57.0 Å². The van der Waals surface area contributed by atoms with E-state index in [1.54, 1.807) is 0 Å². The molecule has 0 aromatic rings. The number of thioether (sulfide) groups is 1. The molecule has 0 amide bonds. The van der Waals surface area contributed by atoms with Crippen molar-refractivity contribution in [3.05, 3.63) is 0 Å². The zero-order valence-corrected chi connectivity index (χ0v) is 18.2. The van der Waals surface area contributed by atoms with Crippen LogP contribution in [-0.2, 0) is 9.47 Å². The third kappa shape index (κ3) is 8.58. The van der Waals surface area contributed by atoms with Gasteiger partial charge in [-0.05, 0) is 51.7 Å². The summed E-state index contributed by atoms with van der Waals surface area (Å²) < 4.78 is 11.2. The predicted molar refractivity (Wildman–Crippen MR) is 114 cm³/mol. The van der Waals surface area contributed by atoms with Crippen molar-refractivity contribution in [1.82, 2.24) is 10.6 Å². The summed E-state index contributed by atoms with van der Waals surface area (Å²) in [6.07, 6.45) is 9.62. The molecule has 1 heterocycles. The van der Waals surface area contributed by atoms with Gasteiger partial charge in [-0.25, -0.2) is 0 Å². The second-order valence-electron chi connectivity index (χ2n) is 6.34. The minimum Gasteiger partial charge on any atom is -0.379 e. The second kappa shape index (κ2) is 13.5. The van der Waals surface area contributed by atoms with Crippen LogP contribution < -0.4 is 10.6 Å². The summed E-state index contributed by atoms with van der Waals surface area (Å²) in [5.41, 5.74) is 0. The molecule has 0 bridgehead atoms. The zero-order valence-electron chi connectivity index (χ0n) is 15.1. The largest absolute Gasteiger partial charge is 0.379 e. The first kappa shape index (κ1) is 22.3. The first-order chi connectivity index (χ1) is 11.3. The van der Waals surface area contributed by atoms with E-state index in [-0.39, 0.29) is 24.0 Å². The van der Waals surface area contributed by atoms with Gasteiger partial charge >= 0.3 is 0 Å². The quantitative estimate of drug-likeness (QED) is 0.234. The molecular weight excluding hydrogens is 437 g/mol. The molecule has 2 rings (SSSR count). The Bertz CT molecular complexity index is 355. The van der Waals surface area contributed by atoms with Crippen molar-refractivity contribution >= 4 is 41.7 Å². The number of hydrogen-bond acceptors (Lipinski definition) is 4. The average molecular weight is 471 g/mol. The number of aliphatic imine (C=N–C) groups is 1. The minimum atomic E-state index is 0. The van der Waals surface area contributed by atoms with Crippen LogP contribution in [-0.4, -0.2) is 62.5 Å². The smallest absolute Gasteiger partial charge is 0.191 e. The summed E-state index contributed by atoms with van der Waals surface area (Å²) in [6.45, 7) is 6.22. The van der Waals surface area contributed by atoms with Crippen LogP contribution in [0.4, 0.5) is 0 Å². The van der Waals surface area contributed by atoms with Crippen molar-refractivity contribution in [2.75, 3.05) is 39.2 Å². The Hall–Kier alpha value is 0.270. The molecule has 1 saturated heterocycles. The van der Waals surface area contributed by atoms with Crippen LogP contribution in [0.1, 0.15) is 45.4 Å². The van der Waals surface area contributed by atoms with Crippen molar-refractivity contribution in [2.24, 2.45) is 4.99 Å². The van der Waals surface area contributed by atoms with Gasteiger partial charge in [0.05, 0.1) is 12.7 Å². The Balaban J connectivity index is 0.00000288. The lowest BCUT2D eigenvalue weighted by Gasteiger charge is -2.17. The van der Waals surface area contributed by atoms with E-state index in [0.29, 0.717) is 12.1 Å². The molecule has 24 heavy (non-hydrogen) atoms. The molecule has 7 heteroatoms. The molecule has 2 N–H and O–H groups in total. The Morgan fingerprint density at radius 1 is 1.33 bits per heavy atom. The molecule has 0 spiro atoms. The maximum Gasteiger partial charge on any atom is 0.191 e. The molecule has 142 valence electrons. The van der Waals surface area contributed by atoms with Crippen molar-refractivity contribution in [1.29, 1.82) is 0 Å². The van der Waals surface area contributed by atoms with Gasteiger partial charge in [-0.2, -0.15) is 11.8 Å². The van der Waals surface area contributed by atoms with Crippen LogP contribution in [0.25, 0.3) is 0 Å². The van der Waals surface area contributed by atoms with E-state index in [9.17, 15) is 0 Å². The van der Waals surface area contributed by atoms with E-state index in [2.05, 4.69) is 28.8 Å². The maximum atomic E-state index is 5.68. The van der Waals surface area contributed by atoms with Crippen LogP contribution in [0.15, 0.2) is 4.99 Å². The monoisotopic (exact) mass is 471 g/mol. The Labute approximate surface area is 168 Å². The highest BCUT2D eigenvalue weighted by atomic mass is 127. The van der Waals surface area contributed by atoms with E-state index >= 15 is 0 Å². The molecule has 2 fully saturated rings. The molecular formula is C17H34IN3O2S. The topological polar surface area (TPSA) is 54.9 Å². The molecule has 1 saturated carbocycles. The number of nitrogens with one attached hydrogen (secondary N) is 2. The molecule has 3 unspecified atom stereocenters. The molecule has 0 aromatic heterocycles. The summed E-state index contributed by atoms with van der Waals surface area (Å²) in [7, 11) is 0. The fourth-order valence-corrected chi connectivity index (χ4v) is 3.94. The lowest BCUT2D eigenvalue weighted by molar-refractivity contribution is 0.0171. The predicted octanol–water partition coefficient (Wildman–Crippen LogP) is 3.03. The highest BCUT2D eigenvalue weighted by Gasteiger charge is 2.24. The summed E-state index contributed by atoms with van der Waals surface area (Å²) in [6, 6.07) is 0.570. The summed E-state index contributed by atoms with van der Waals surface area (Å²) >= 11 is 1.99. The molecule has 5 nitrogen and oxygen atoms in total. The van der Waals surface area contributed by atoms with Crippen molar-refractivity contribution < 1.29 is 9.47 Å². The third-order valence-corrected chi connectivity index (χ3v) is 5.54. The Morgan fingerprint density at radius 3 is 2.88 bits per heavy atom. The first-order valence-corrected chi connectivity index (χ1v) is 10.4. The number of ether oxygens (including phenoxy) is 2. The molecule has 0 aromatic carbocycles. The minimum absolute atomic E-state index is 0. The number of nitrogens with zero attached hydrogens (tertiary/aromatic N) is 1. The second-order valence-corrected chi connectivity index (χ2v) is 7.47. The standard InChI is InChI=1S/C17H33N3O2S.HI/c1-3-18-17(20-14-7-8-16(12-14)23-2)19-9-5-10-21-13-15-6-4-11-22-15;/h14-16H,3-13H2,1-2H3,(H2,18,19,20);1H. The highest BCUT2D eigenvalue weighted by Crippen LogP contribution is 2.27. The maximum absolute atomic E-state index is 5.68. The Kier molecular flexibility index (Phi) is 12.5. The summed E-state index contributed by atoms with van der Waals surface area (Å²) in [5, 5.41) is 7.74.